The van der Waals surface area contributed by atoms with Crippen molar-refractivity contribution < 1.29 is 0 Å². The van der Waals surface area contributed by atoms with Gasteiger partial charge in [-0.05, 0) is 5.92 Å². The Labute approximate surface area is 87.5 Å². The van der Waals surface area contributed by atoms with E-state index in [1.165, 1.54) is 25.3 Å². The third-order valence-electron chi connectivity index (χ3n) is 2.69. The maximum Gasteiger partial charge on any atom is 0.251 e. The summed E-state index contributed by atoms with van der Waals surface area (Å²) in [4.78, 5) is 18.2. The molecule has 1 fully saturated rings. The van der Waals surface area contributed by atoms with Gasteiger partial charge < -0.3 is 4.98 Å². The van der Waals surface area contributed by atoms with Gasteiger partial charge in [0.2, 0.25) is 0 Å². The number of aromatic amines is 1. The fraction of sp³-hybridized carbons (Fsp3) is 0.600. The van der Waals surface area contributed by atoms with Gasteiger partial charge in [-0.15, -0.1) is 11.6 Å². The molecule has 1 heterocycles. The van der Waals surface area contributed by atoms with E-state index in [0.717, 1.165) is 12.2 Å². The lowest BCUT2D eigenvalue weighted by Crippen LogP contribution is -2.19. The van der Waals surface area contributed by atoms with Crippen LogP contribution in [-0.4, -0.2) is 9.97 Å². The highest BCUT2D eigenvalue weighted by molar-refractivity contribution is 6.16. The van der Waals surface area contributed by atoms with Crippen LogP contribution in [0, 0.1) is 5.92 Å². The second-order valence-corrected chi connectivity index (χ2v) is 4.09. The van der Waals surface area contributed by atoms with E-state index in [1.807, 2.05) is 0 Å². The quantitative estimate of drug-likeness (QED) is 0.778. The zero-order valence-corrected chi connectivity index (χ0v) is 8.68. The minimum Gasteiger partial charge on any atom is -0.311 e. The number of hydrogen-bond acceptors (Lipinski definition) is 2. The summed E-state index contributed by atoms with van der Waals surface area (Å²) in [6.45, 7) is 0. The Kier molecular flexibility index (Phi) is 2.87. The maximum atomic E-state index is 11.2. The van der Waals surface area contributed by atoms with Gasteiger partial charge in [0.05, 0.1) is 11.6 Å². The summed E-state index contributed by atoms with van der Waals surface area (Å²) in [7, 11) is 0. The number of hydrogen-bond donors (Lipinski definition) is 1. The molecule has 0 saturated heterocycles. The van der Waals surface area contributed by atoms with Crippen LogP contribution in [0.1, 0.15) is 30.8 Å². The predicted octanol–water partition coefficient (Wildman–Crippen LogP) is 1.85. The minimum atomic E-state index is -0.0926. The molecule has 1 aliphatic carbocycles. The fourth-order valence-corrected chi connectivity index (χ4v) is 1.84. The number of H-pyrrole nitrogens is 1. The fourth-order valence-electron chi connectivity index (χ4n) is 1.70. The van der Waals surface area contributed by atoms with Crippen LogP contribution in [0.25, 0.3) is 0 Å². The van der Waals surface area contributed by atoms with Crippen LogP contribution in [0.3, 0.4) is 0 Å². The minimum absolute atomic E-state index is 0.0926. The highest BCUT2D eigenvalue weighted by Crippen LogP contribution is 2.28. The lowest BCUT2D eigenvalue weighted by atomic mass is 9.83. The molecule has 0 bridgehead atoms. The Bertz CT molecular complexity index is 371. The van der Waals surface area contributed by atoms with Crippen molar-refractivity contribution in [1.29, 1.82) is 0 Å². The molecule has 1 aliphatic rings. The second-order valence-electron chi connectivity index (χ2n) is 3.82. The number of alkyl halides is 1. The topological polar surface area (TPSA) is 45.8 Å². The molecule has 1 N–H and O–H groups in total. The molecule has 1 saturated carbocycles. The first-order valence-electron chi connectivity index (χ1n) is 4.93. The van der Waals surface area contributed by atoms with E-state index in [0.29, 0.717) is 17.5 Å². The molecule has 0 aliphatic heterocycles. The molecule has 14 heavy (non-hydrogen) atoms. The zero-order valence-electron chi connectivity index (χ0n) is 7.92. The molecular formula is C10H13ClN2O. The van der Waals surface area contributed by atoms with Crippen molar-refractivity contribution in [1.82, 2.24) is 9.97 Å². The van der Waals surface area contributed by atoms with Gasteiger partial charge in [0.1, 0.15) is 5.82 Å². The molecule has 3 nitrogen and oxygen atoms in total. The molecular weight excluding hydrogens is 200 g/mol. The smallest absolute Gasteiger partial charge is 0.251 e. The molecule has 0 amide bonds. The van der Waals surface area contributed by atoms with Gasteiger partial charge in [0, 0.05) is 12.5 Å². The molecule has 2 rings (SSSR count). The van der Waals surface area contributed by atoms with Gasteiger partial charge in [-0.1, -0.05) is 19.3 Å². The van der Waals surface area contributed by atoms with Crippen molar-refractivity contribution >= 4 is 11.6 Å². The van der Waals surface area contributed by atoms with E-state index in [-0.39, 0.29) is 5.56 Å². The van der Waals surface area contributed by atoms with Gasteiger partial charge >= 0.3 is 0 Å². The van der Waals surface area contributed by atoms with E-state index in [2.05, 4.69) is 9.97 Å². The standard InChI is InChI=1S/C10H13ClN2O/c11-6-8-5-10(14)13-9(12-8)4-7-2-1-3-7/h5,7H,1-4,6H2,(H,12,13,14). The van der Waals surface area contributed by atoms with E-state index in [1.54, 1.807) is 0 Å². The summed E-state index contributed by atoms with van der Waals surface area (Å²) in [5, 5.41) is 0. The van der Waals surface area contributed by atoms with Crippen LogP contribution in [0.2, 0.25) is 0 Å². The summed E-state index contributed by atoms with van der Waals surface area (Å²) in [6, 6.07) is 1.46. The Morgan fingerprint density at radius 3 is 2.93 bits per heavy atom. The first-order valence-corrected chi connectivity index (χ1v) is 5.46. The number of aromatic nitrogens is 2. The van der Waals surface area contributed by atoms with E-state index >= 15 is 0 Å². The van der Waals surface area contributed by atoms with Crippen molar-refractivity contribution in [2.45, 2.75) is 31.6 Å². The average Bonchev–Trinajstić information content (AvgIpc) is 2.10. The first-order chi connectivity index (χ1) is 6.78. The molecule has 0 aromatic carbocycles. The van der Waals surface area contributed by atoms with Crippen LogP contribution in [0.15, 0.2) is 10.9 Å². The zero-order chi connectivity index (χ0) is 9.97. The van der Waals surface area contributed by atoms with Crippen molar-refractivity contribution in [3.63, 3.8) is 0 Å². The number of rotatable bonds is 3. The normalized spacial score (nSPS) is 16.6. The SMILES string of the molecule is O=c1cc(CCl)nc(CC2CCC2)[nH]1. The highest BCUT2D eigenvalue weighted by Gasteiger charge is 2.18. The van der Waals surface area contributed by atoms with Gasteiger partial charge in [0.15, 0.2) is 0 Å². The Morgan fingerprint density at radius 1 is 1.57 bits per heavy atom. The molecule has 0 spiro atoms. The molecule has 0 atom stereocenters. The first kappa shape index (κ1) is 9.71. The van der Waals surface area contributed by atoms with E-state index in [4.69, 9.17) is 11.6 Å². The van der Waals surface area contributed by atoms with Crippen LogP contribution in [0.4, 0.5) is 0 Å². The lowest BCUT2D eigenvalue weighted by Gasteiger charge is -2.24. The Morgan fingerprint density at radius 2 is 2.36 bits per heavy atom. The number of nitrogens with zero attached hydrogens (tertiary/aromatic N) is 1. The summed E-state index contributed by atoms with van der Waals surface area (Å²) in [5.41, 5.74) is 0.578. The molecule has 1 aromatic rings. The third-order valence-corrected chi connectivity index (χ3v) is 2.96. The van der Waals surface area contributed by atoms with Crippen molar-refractivity contribution in [2.75, 3.05) is 0 Å². The number of halogens is 1. The van der Waals surface area contributed by atoms with Crippen LogP contribution < -0.4 is 5.56 Å². The number of nitrogens with one attached hydrogen (secondary N) is 1. The van der Waals surface area contributed by atoms with E-state index < -0.39 is 0 Å². The molecule has 1 aromatic heterocycles. The largest absolute Gasteiger partial charge is 0.311 e. The van der Waals surface area contributed by atoms with Crippen molar-refractivity contribution in [3.8, 4) is 0 Å². The van der Waals surface area contributed by atoms with Crippen LogP contribution >= 0.6 is 11.6 Å². The van der Waals surface area contributed by atoms with Crippen LogP contribution in [0.5, 0.6) is 0 Å². The Balaban J connectivity index is 2.15. The molecule has 0 unspecified atom stereocenters. The highest BCUT2D eigenvalue weighted by atomic mass is 35.5. The van der Waals surface area contributed by atoms with Gasteiger partial charge in [-0.3, -0.25) is 4.79 Å². The van der Waals surface area contributed by atoms with Gasteiger partial charge in [-0.25, -0.2) is 4.98 Å². The van der Waals surface area contributed by atoms with Crippen LogP contribution in [-0.2, 0) is 12.3 Å². The van der Waals surface area contributed by atoms with Gasteiger partial charge in [0.25, 0.3) is 5.56 Å². The summed E-state index contributed by atoms with van der Waals surface area (Å²) in [5.74, 6) is 1.81. The summed E-state index contributed by atoms with van der Waals surface area (Å²) >= 11 is 5.64. The monoisotopic (exact) mass is 212 g/mol. The summed E-state index contributed by atoms with van der Waals surface area (Å²) < 4.78 is 0. The maximum absolute atomic E-state index is 11.2. The predicted molar refractivity (Wildman–Crippen MR) is 55.5 cm³/mol. The van der Waals surface area contributed by atoms with E-state index in [9.17, 15) is 4.79 Å². The average molecular weight is 213 g/mol. The molecule has 76 valence electrons. The van der Waals surface area contributed by atoms with Gasteiger partial charge in [-0.2, -0.15) is 0 Å². The Hall–Kier alpha value is -0.830. The molecule has 4 heteroatoms. The molecule has 0 radical (unpaired) electrons. The summed E-state index contributed by atoms with van der Waals surface area (Å²) in [6.07, 6.45) is 4.72. The lowest BCUT2D eigenvalue weighted by molar-refractivity contribution is 0.309. The van der Waals surface area contributed by atoms with Crippen molar-refractivity contribution in [3.05, 3.63) is 27.9 Å². The van der Waals surface area contributed by atoms with Crippen molar-refractivity contribution in [2.24, 2.45) is 5.92 Å². The third kappa shape index (κ3) is 2.15. The second kappa shape index (κ2) is 4.13.